The molecule has 3 aromatic rings. The zero-order valence-corrected chi connectivity index (χ0v) is 9.95. The van der Waals surface area contributed by atoms with E-state index in [4.69, 9.17) is 4.52 Å². The molecule has 0 saturated heterocycles. The highest BCUT2D eigenvalue weighted by atomic mass is 16.5. The Morgan fingerprint density at radius 2 is 2.28 bits per heavy atom. The van der Waals surface area contributed by atoms with Crippen LogP contribution in [0.4, 0.5) is 0 Å². The highest BCUT2D eigenvalue weighted by Crippen LogP contribution is 2.18. The van der Waals surface area contributed by atoms with Crippen molar-refractivity contribution < 1.29 is 4.52 Å². The average molecular weight is 240 g/mol. The summed E-state index contributed by atoms with van der Waals surface area (Å²) < 4.78 is 7.15. The highest BCUT2D eigenvalue weighted by molar-refractivity contribution is 5.53. The number of benzene rings is 1. The molecule has 2 aromatic heterocycles. The number of aryl methyl sites for hydroxylation is 1. The maximum Gasteiger partial charge on any atom is 0.257 e. The summed E-state index contributed by atoms with van der Waals surface area (Å²) in [7, 11) is 0. The molecular formula is C13H12N4O. The first kappa shape index (κ1) is 10.7. The molecular weight excluding hydrogens is 228 g/mol. The molecule has 0 amide bonds. The fraction of sp³-hybridized carbons (Fsp3) is 0.154. The molecule has 0 N–H and O–H groups in total. The first-order valence-electron chi connectivity index (χ1n) is 5.66. The lowest BCUT2D eigenvalue weighted by molar-refractivity contribution is 0.420. The van der Waals surface area contributed by atoms with Crippen molar-refractivity contribution in [1.29, 1.82) is 0 Å². The smallest absolute Gasteiger partial charge is 0.257 e. The van der Waals surface area contributed by atoms with Crippen LogP contribution in [-0.2, 0) is 6.54 Å². The standard InChI is InChI=1S/C13H12N4O/c1-10-3-2-4-11(7-10)13-15-12(16-18-13)8-17-6-5-14-9-17/h2-7,9H,8H2,1H3. The Labute approximate surface area is 104 Å². The summed E-state index contributed by atoms with van der Waals surface area (Å²) in [5.74, 6) is 1.19. The molecule has 0 aliphatic rings. The van der Waals surface area contributed by atoms with Crippen LogP contribution in [0.1, 0.15) is 11.4 Å². The summed E-state index contributed by atoms with van der Waals surface area (Å²) in [6.45, 7) is 2.60. The van der Waals surface area contributed by atoms with Crippen molar-refractivity contribution in [3.63, 3.8) is 0 Å². The summed E-state index contributed by atoms with van der Waals surface area (Å²) in [4.78, 5) is 8.34. The normalized spacial score (nSPS) is 10.7. The molecule has 2 heterocycles. The lowest BCUT2D eigenvalue weighted by Gasteiger charge is -1.95. The first-order valence-corrected chi connectivity index (χ1v) is 5.66. The van der Waals surface area contributed by atoms with Gasteiger partial charge in [-0.05, 0) is 19.1 Å². The molecule has 0 aliphatic carbocycles. The maximum atomic E-state index is 5.26. The molecule has 0 radical (unpaired) electrons. The average Bonchev–Trinajstić information content (AvgIpc) is 3.01. The largest absolute Gasteiger partial charge is 0.334 e. The Kier molecular flexibility index (Phi) is 2.64. The lowest BCUT2D eigenvalue weighted by atomic mass is 10.1. The minimum atomic E-state index is 0.550. The molecule has 3 rings (SSSR count). The topological polar surface area (TPSA) is 56.7 Å². The van der Waals surface area contributed by atoms with Crippen LogP contribution in [0, 0.1) is 6.92 Å². The summed E-state index contributed by atoms with van der Waals surface area (Å²) in [5.41, 5.74) is 2.11. The number of nitrogens with zero attached hydrogens (tertiary/aromatic N) is 4. The van der Waals surface area contributed by atoms with Gasteiger partial charge in [0, 0.05) is 18.0 Å². The van der Waals surface area contributed by atoms with Crippen molar-refractivity contribution in [2.24, 2.45) is 0 Å². The minimum Gasteiger partial charge on any atom is -0.334 e. The van der Waals surface area contributed by atoms with E-state index in [0.29, 0.717) is 18.3 Å². The molecule has 0 fully saturated rings. The van der Waals surface area contributed by atoms with Gasteiger partial charge in [-0.2, -0.15) is 4.98 Å². The van der Waals surface area contributed by atoms with Crippen molar-refractivity contribution in [2.45, 2.75) is 13.5 Å². The number of aromatic nitrogens is 4. The van der Waals surface area contributed by atoms with Gasteiger partial charge in [0.25, 0.3) is 5.89 Å². The van der Waals surface area contributed by atoms with Crippen LogP contribution < -0.4 is 0 Å². The third kappa shape index (κ3) is 2.15. The van der Waals surface area contributed by atoms with E-state index in [1.165, 1.54) is 5.56 Å². The first-order chi connectivity index (χ1) is 8.81. The number of imidazole rings is 1. The van der Waals surface area contributed by atoms with Crippen LogP contribution in [0.15, 0.2) is 47.5 Å². The molecule has 0 saturated carbocycles. The fourth-order valence-electron chi connectivity index (χ4n) is 1.76. The van der Waals surface area contributed by atoms with Crippen LogP contribution in [-0.4, -0.2) is 19.7 Å². The van der Waals surface area contributed by atoms with Crippen LogP contribution in [0.3, 0.4) is 0 Å². The van der Waals surface area contributed by atoms with Gasteiger partial charge >= 0.3 is 0 Å². The second-order valence-corrected chi connectivity index (χ2v) is 4.12. The second-order valence-electron chi connectivity index (χ2n) is 4.12. The Bertz CT molecular complexity index is 643. The van der Waals surface area contributed by atoms with Crippen molar-refractivity contribution in [3.8, 4) is 11.5 Å². The van der Waals surface area contributed by atoms with Gasteiger partial charge in [-0.1, -0.05) is 22.9 Å². The zero-order chi connectivity index (χ0) is 12.4. The minimum absolute atomic E-state index is 0.550. The monoisotopic (exact) mass is 240 g/mol. The van der Waals surface area contributed by atoms with E-state index >= 15 is 0 Å². The molecule has 5 heteroatoms. The Morgan fingerprint density at radius 1 is 1.33 bits per heavy atom. The van der Waals surface area contributed by atoms with Gasteiger partial charge in [0.15, 0.2) is 5.82 Å². The van der Waals surface area contributed by atoms with Gasteiger partial charge < -0.3 is 9.09 Å². The van der Waals surface area contributed by atoms with Gasteiger partial charge in [0.1, 0.15) is 0 Å². The van der Waals surface area contributed by atoms with Gasteiger partial charge in [0.05, 0.1) is 12.9 Å². The van der Waals surface area contributed by atoms with Gasteiger partial charge in [-0.25, -0.2) is 4.98 Å². The van der Waals surface area contributed by atoms with E-state index in [0.717, 1.165) is 5.56 Å². The van der Waals surface area contributed by atoms with Crippen LogP contribution >= 0.6 is 0 Å². The molecule has 18 heavy (non-hydrogen) atoms. The van der Waals surface area contributed by atoms with Crippen LogP contribution in [0.25, 0.3) is 11.5 Å². The quantitative estimate of drug-likeness (QED) is 0.704. The molecule has 5 nitrogen and oxygen atoms in total. The van der Waals surface area contributed by atoms with E-state index < -0.39 is 0 Å². The molecule has 0 aliphatic heterocycles. The van der Waals surface area contributed by atoms with Crippen LogP contribution in [0.2, 0.25) is 0 Å². The van der Waals surface area contributed by atoms with Gasteiger partial charge in [0.2, 0.25) is 0 Å². The molecule has 90 valence electrons. The number of rotatable bonds is 3. The Morgan fingerprint density at radius 3 is 3.06 bits per heavy atom. The van der Waals surface area contributed by atoms with Crippen LogP contribution in [0.5, 0.6) is 0 Å². The molecule has 0 unspecified atom stereocenters. The third-order valence-corrected chi connectivity index (χ3v) is 2.62. The molecule has 1 aromatic carbocycles. The SMILES string of the molecule is Cc1cccc(-c2nc(Cn3ccnc3)no2)c1. The molecule has 0 atom stereocenters. The molecule has 0 spiro atoms. The predicted molar refractivity (Wildman–Crippen MR) is 65.8 cm³/mol. The van der Waals surface area contributed by atoms with Gasteiger partial charge in [-0.15, -0.1) is 0 Å². The van der Waals surface area contributed by atoms with Crippen molar-refractivity contribution in [2.75, 3.05) is 0 Å². The van der Waals surface area contributed by atoms with E-state index in [1.807, 2.05) is 42.0 Å². The van der Waals surface area contributed by atoms with Gasteiger partial charge in [-0.3, -0.25) is 0 Å². The van der Waals surface area contributed by atoms with Crippen molar-refractivity contribution in [3.05, 3.63) is 54.4 Å². The van der Waals surface area contributed by atoms with E-state index in [2.05, 4.69) is 15.1 Å². The Hall–Kier alpha value is -2.43. The Balaban J connectivity index is 1.85. The number of hydrogen-bond acceptors (Lipinski definition) is 4. The summed E-state index contributed by atoms with van der Waals surface area (Å²) in [6.07, 6.45) is 5.31. The van der Waals surface area contributed by atoms with Crippen molar-refractivity contribution in [1.82, 2.24) is 19.7 Å². The summed E-state index contributed by atoms with van der Waals surface area (Å²) >= 11 is 0. The van der Waals surface area contributed by atoms with E-state index in [9.17, 15) is 0 Å². The third-order valence-electron chi connectivity index (χ3n) is 2.62. The fourth-order valence-corrected chi connectivity index (χ4v) is 1.76. The summed E-state index contributed by atoms with van der Waals surface area (Å²) in [5, 5.41) is 3.96. The highest BCUT2D eigenvalue weighted by Gasteiger charge is 2.08. The predicted octanol–water partition coefficient (Wildman–Crippen LogP) is 2.29. The summed E-state index contributed by atoms with van der Waals surface area (Å²) in [6, 6.07) is 7.99. The van der Waals surface area contributed by atoms with E-state index in [1.54, 1.807) is 12.5 Å². The molecule has 0 bridgehead atoms. The zero-order valence-electron chi connectivity index (χ0n) is 9.95. The number of hydrogen-bond donors (Lipinski definition) is 0. The second kappa shape index (κ2) is 4.44. The van der Waals surface area contributed by atoms with E-state index in [-0.39, 0.29) is 0 Å². The lowest BCUT2D eigenvalue weighted by Crippen LogP contribution is -1.98. The van der Waals surface area contributed by atoms with Crippen molar-refractivity contribution >= 4 is 0 Å². The maximum absolute atomic E-state index is 5.26.